The van der Waals surface area contributed by atoms with Crippen LogP contribution in [0.1, 0.15) is 36.8 Å². The van der Waals surface area contributed by atoms with Gasteiger partial charge in [-0.25, -0.2) is 9.67 Å². The number of carbonyl (C=O) groups is 1. The third-order valence-electron chi connectivity index (χ3n) is 4.98. The van der Waals surface area contributed by atoms with Gasteiger partial charge < -0.3 is 5.32 Å². The van der Waals surface area contributed by atoms with Crippen LogP contribution in [0, 0.1) is 6.92 Å². The molecule has 8 nitrogen and oxygen atoms in total. The maximum Gasteiger partial charge on any atom is 0.283 e. The zero-order valence-corrected chi connectivity index (χ0v) is 15.3. The summed E-state index contributed by atoms with van der Waals surface area (Å²) < 4.78 is 2.89. The van der Waals surface area contributed by atoms with Gasteiger partial charge in [-0.05, 0) is 25.3 Å². The first-order valence-electron chi connectivity index (χ1n) is 9.24. The number of hydrogen-bond donors (Lipinski definition) is 1. The molecule has 1 N–H and O–H groups in total. The van der Waals surface area contributed by atoms with Gasteiger partial charge in [0, 0.05) is 6.04 Å². The number of aryl methyl sites for hydroxylation is 1. The zero-order valence-electron chi connectivity index (χ0n) is 15.3. The maximum atomic E-state index is 12.6. The smallest absolute Gasteiger partial charge is 0.283 e. The Balaban J connectivity index is 1.53. The molecule has 0 atom stereocenters. The molecule has 1 aliphatic carbocycles. The van der Waals surface area contributed by atoms with Crippen molar-refractivity contribution in [1.82, 2.24) is 29.9 Å². The van der Waals surface area contributed by atoms with E-state index in [0.29, 0.717) is 12.2 Å². The molecule has 1 saturated carbocycles. The second-order valence-electron chi connectivity index (χ2n) is 7.13. The summed E-state index contributed by atoms with van der Waals surface area (Å²) in [6.07, 6.45) is 5.69. The molecule has 3 aromatic rings. The van der Waals surface area contributed by atoms with Gasteiger partial charge in [0.2, 0.25) is 5.91 Å². The van der Waals surface area contributed by atoms with Crippen LogP contribution in [0.25, 0.3) is 11.2 Å². The molecular formula is C19H22N6O2. The molecule has 1 fully saturated rings. The number of fused-ring (bicyclic) bond motifs is 1. The minimum atomic E-state index is -0.350. The third kappa shape index (κ3) is 3.74. The van der Waals surface area contributed by atoms with E-state index >= 15 is 0 Å². The van der Waals surface area contributed by atoms with Gasteiger partial charge in [-0.3, -0.25) is 14.2 Å². The van der Waals surface area contributed by atoms with E-state index in [1.807, 2.05) is 31.2 Å². The summed E-state index contributed by atoms with van der Waals surface area (Å²) in [5.74, 6) is -0.169. The minimum Gasteiger partial charge on any atom is -0.352 e. The first kappa shape index (κ1) is 17.4. The van der Waals surface area contributed by atoms with E-state index in [9.17, 15) is 9.59 Å². The monoisotopic (exact) mass is 366 g/mol. The summed E-state index contributed by atoms with van der Waals surface area (Å²) in [6.45, 7) is 2.46. The molecule has 1 aliphatic rings. The largest absolute Gasteiger partial charge is 0.352 e. The Hall–Kier alpha value is -3.03. The number of nitrogens with one attached hydrogen (secondary N) is 1. The standard InChI is InChI=1S/C19H22N6O2/c1-13-6-8-14(9-7-13)10-25-18-17(22-23-25)19(27)24(12-20-18)11-16(26)21-15-4-2-3-5-15/h6-9,12,15H,2-5,10-11H2,1H3,(H,21,26). The molecule has 0 saturated heterocycles. The van der Waals surface area contributed by atoms with Crippen LogP contribution in [0.4, 0.5) is 0 Å². The Kier molecular flexibility index (Phi) is 4.70. The molecule has 0 bridgehead atoms. The topological polar surface area (TPSA) is 94.7 Å². The molecule has 0 spiro atoms. The molecule has 8 heteroatoms. The van der Waals surface area contributed by atoms with Gasteiger partial charge in [-0.2, -0.15) is 0 Å². The third-order valence-corrected chi connectivity index (χ3v) is 4.98. The van der Waals surface area contributed by atoms with E-state index in [0.717, 1.165) is 31.2 Å². The van der Waals surface area contributed by atoms with E-state index in [4.69, 9.17) is 0 Å². The highest BCUT2D eigenvalue weighted by atomic mass is 16.2. The predicted octanol–water partition coefficient (Wildman–Crippen LogP) is 1.40. The van der Waals surface area contributed by atoms with Crippen molar-refractivity contribution in [2.75, 3.05) is 0 Å². The maximum absolute atomic E-state index is 12.6. The Bertz CT molecular complexity index is 1010. The molecule has 140 valence electrons. The van der Waals surface area contributed by atoms with Crippen molar-refractivity contribution in [3.05, 3.63) is 52.1 Å². The van der Waals surface area contributed by atoms with Crippen LogP contribution in [0.3, 0.4) is 0 Å². The summed E-state index contributed by atoms with van der Waals surface area (Å²) in [6, 6.07) is 8.30. The lowest BCUT2D eigenvalue weighted by Crippen LogP contribution is -2.37. The normalized spacial score (nSPS) is 14.7. The second-order valence-corrected chi connectivity index (χ2v) is 7.13. The van der Waals surface area contributed by atoms with Gasteiger partial charge in [0.05, 0.1) is 6.54 Å². The fourth-order valence-corrected chi connectivity index (χ4v) is 3.47. The second kappa shape index (κ2) is 7.30. The van der Waals surface area contributed by atoms with Crippen LogP contribution < -0.4 is 10.9 Å². The van der Waals surface area contributed by atoms with Gasteiger partial charge in [0.1, 0.15) is 12.9 Å². The molecular weight excluding hydrogens is 344 g/mol. The highest BCUT2D eigenvalue weighted by Gasteiger charge is 2.18. The molecule has 2 aromatic heterocycles. The van der Waals surface area contributed by atoms with Crippen molar-refractivity contribution in [2.24, 2.45) is 0 Å². The van der Waals surface area contributed by atoms with Crippen molar-refractivity contribution >= 4 is 17.1 Å². The van der Waals surface area contributed by atoms with Gasteiger partial charge in [0.15, 0.2) is 11.2 Å². The first-order valence-corrected chi connectivity index (χ1v) is 9.24. The van der Waals surface area contributed by atoms with Gasteiger partial charge >= 0.3 is 0 Å². The SMILES string of the molecule is Cc1ccc(Cn2nnc3c(=O)n(CC(=O)NC4CCCC4)cnc32)cc1. The first-order chi connectivity index (χ1) is 13.1. The molecule has 1 amide bonds. The number of hydrogen-bond acceptors (Lipinski definition) is 5. The highest BCUT2D eigenvalue weighted by Crippen LogP contribution is 2.17. The number of nitrogens with zero attached hydrogens (tertiary/aromatic N) is 5. The van der Waals surface area contributed by atoms with Crippen molar-refractivity contribution in [3.63, 3.8) is 0 Å². The Morgan fingerprint density at radius 3 is 2.70 bits per heavy atom. The van der Waals surface area contributed by atoms with Gasteiger partial charge in [-0.15, -0.1) is 5.10 Å². The van der Waals surface area contributed by atoms with Gasteiger partial charge in [-0.1, -0.05) is 47.9 Å². The van der Waals surface area contributed by atoms with Crippen LogP contribution >= 0.6 is 0 Å². The van der Waals surface area contributed by atoms with E-state index < -0.39 is 0 Å². The molecule has 0 radical (unpaired) electrons. The molecule has 1 aromatic carbocycles. The Morgan fingerprint density at radius 2 is 1.96 bits per heavy atom. The van der Waals surface area contributed by atoms with Crippen LogP contribution in [-0.2, 0) is 17.9 Å². The molecule has 2 heterocycles. The van der Waals surface area contributed by atoms with E-state index in [1.54, 1.807) is 4.68 Å². The summed E-state index contributed by atoms with van der Waals surface area (Å²) in [5, 5.41) is 11.0. The molecule has 0 unspecified atom stereocenters. The summed E-state index contributed by atoms with van der Waals surface area (Å²) in [4.78, 5) is 29.2. The fourth-order valence-electron chi connectivity index (χ4n) is 3.47. The van der Waals surface area contributed by atoms with Crippen molar-refractivity contribution in [2.45, 2.75) is 51.7 Å². The fraction of sp³-hybridized carbons (Fsp3) is 0.421. The average Bonchev–Trinajstić information content (AvgIpc) is 3.30. The summed E-state index contributed by atoms with van der Waals surface area (Å²) in [7, 11) is 0. The van der Waals surface area contributed by atoms with Crippen LogP contribution in [-0.4, -0.2) is 36.5 Å². The van der Waals surface area contributed by atoms with E-state index in [1.165, 1.54) is 16.5 Å². The highest BCUT2D eigenvalue weighted by molar-refractivity contribution is 5.76. The number of rotatable bonds is 5. The number of benzene rings is 1. The number of amides is 1. The lowest BCUT2D eigenvalue weighted by molar-refractivity contribution is -0.122. The molecule has 4 rings (SSSR count). The van der Waals surface area contributed by atoms with Crippen molar-refractivity contribution in [1.29, 1.82) is 0 Å². The van der Waals surface area contributed by atoms with Crippen LogP contribution in [0.15, 0.2) is 35.4 Å². The zero-order chi connectivity index (χ0) is 18.8. The van der Waals surface area contributed by atoms with E-state index in [-0.39, 0.29) is 29.6 Å². The number of aromatic nitrogens is 5. The molecule has 0 aliphatic heterocycles. The summed E-state index contributed by atoms with van der Waals surface area (Å²) in [5.41, 5.74) is 2.48. The predicted molar refractivity (Wildman–Crippen MR) is 100 cm³/mol. The van der Waals surface area contributed by atoms with Gasteiger partial charge in [0.25, 0.3) is 5.56 Å². The Labute approximate surface area is 156 Å². The van der Waals surface area contributed by atoms with Crippen LogP contribution in [0.2, 0.25) is 0 Å². The number of carbonyl (C=O) groups excluding carboxylic acids is 1. The van der Waals surface area contributed by atoms with E-state index in [2.05, 4.69) is 20.6 Å². The lowest BCUT2D eigenvalue weighted by Gasteiger charge is -2.12. The quantitative estimate of drug-likeness (QED) is 0.737. The molecule has 27 heavy (non-hydrogen) atoms. The van der Waals surface area contributed by atoms with Crippen molar-refractivity contribution < 1.29 is 4.79 Å². The Morgan fingerprint density at radius 1 is 1.22 bits per heavy atom. The summed E-state index contributed by atoms with van der Waals surface area (Å²) >= 11 is 0. The minimum absolute atomic E-state index is 0.0525. The van der Waals surface area contributed by atoms with Crippen LogP contribution in [0.5, 0.6) is 0 Å². The average molecular weight is 366 g/mol. The lowest BCUT2D eigenvalue weighted by atomic mass is 10.1. The van der Waals surface area contributed by atoms with Crippen molar-refractivity contribution in [3.8, 4) is 0 Å².